The molecule has 3 rings (SSSR count). The highest BCUT2D eigenvalue weighted by Crippen LogP contribution is 2.28. The van der Waals surface area contributed by atoms with Crippen LogP contribution in [0.15, 0.2) is 27.7 Å². The van der Waals surface area contributed by atoms with E-state index in [0.717, 1.165) is 31.5 Å². The van der Waals surface area contributed by atoms with E-state index >= 15 is 0 Å². The minimum atomic E-state index is 0.00748. The van der Waals surface area contributed by atoms with Crippen LogP contribution in [0.3, 0.4) is 0 Å². The fourth-order valence-electron chi connectivity index (χ4n) is 2.71. The van der Waals surface area contributed by atoms with Gasteiger partial charge in [0, 0.05) is 24.3 Å². The number of hydrogen-bond donors (Lipinski definition) is 2. The summed E-state index contributed by atoms with van der Waals surface area (Å²) in [4.78, 5) is 14.3. The number of pyridine rings is 1. The van der Waals surface area contributed by atoms with E-state index in [9.17, 15) is 4.79 Å². The van der Waals surface area contributed by atoms with Crippen LogP contribution < -0.4 is 10.9 Å². The predicted molar refractivity (Wildman–Crippen MR) is 78.6 cm³/mol. The van der Waals surface area contributed by atoms with Crippen molar-refractivity contribution in [3.05, 3.63) is 55.6 Å². The summed E-state index contributed by atoms with van der Waals surface area (Å²) in [6, 6.07) is 3.97. The number of nitrogens with one attached hydrogen (secondary N) is 2. The third-order valence-corrected chi connectivity index (χ3v) is 4.74. The molecule has 0 aromatic carbocycles. The summed E-state index contributed by atoms with van der Waals surface area (Å²) in [7, 11) is 0. The number of fused-ring (bicyclic) bond motifs is 1. The third-order valence-electron chi connectivity index (χ3n) is 3.83. The first-order chi connectivity index (χ1) is 9.24. The Morgan fingerprint density at radius 1 is 1.42 bits per heavy atom. The maximum absolute atomic E-state index is 11.4. The Labute approximate surface area is 116 Å². The van der Waals surface area contributed by atoms with Crippen molar-refractivity contribution in [2.45, 2.75) is 38.8 Å². The molecule has 0 saturated carbocycles. The minimum Gasteiger partial charge on any atom is -0.326 e. The van der Waals surface area contributed by atoms with Crippen molar-refractivity contribution in [1.29, 1.82) is 0 Å². The number of rotatable bonds is 3. The fourth-order valence-corrected chi connectivity index (χ4v) is 3.57. The van der Waals surface area contributed by atoms with Gasteiger partial charge in [-0.05, 0) is 53.6 Å². The monoisotopic (exact) mass is 274 g/mol. The van der Waals surface area contributed by atoms with Crippen LogP contribution in [0.4, 0.5) is 0 Å². The van der Waals surface area contributed by atoms with Gasteiger partial charge in [-0.25, -0.2) is 0 Å². The van der Waals surface area contributed by atoms with Crippen molar-refractivity contribution < 1.29 is 0 Å². The Kier molecular flexibility index (Phi) is 3.53. The van der Waals surface area contributed by atoms with Crippen molar-refractivity contribution in [3.63, 3.8) is 0 Å². The number of aromatic nitrogens is 1. The number of aromatic amines is 1. The first-order valence-corrected chi connectivity index (χ1v) is 7.65. The minimum absolute atomic E-state index is 0.00748. The van der Waals surface area contributed by atoms with Crippen molar-refractivity contribution in [1.82, 2.24) is 10.3 Å². The molecular weight excluding hydrogens is 256 g/mol. The Morgan fingerprint density at radius 2 is 2.32 bits per heavy atom. The van der Waals surface area contributed by atoms with E-state index in [4.69, 9.17) is 0 Å². The molecule has 1 aliphatic carbocycles. The lowest BCUT2D eigenvalue weighted by atomic mass is 9.91. The molecule has 0 fully saturated rings. The zero-order valence-electron chi connectivity index (χ0n) is 11.0. The molecule has 3 nitrogen and oxygen atoms in total. The van der Waals surface area contributed by atoms with Gasteiger partial charge < -0.3 is 10.3 Å². The molecule has 0 radical (unpaired) electrons. The summed E-state index contributed by atoms with van der Waals surface area (Å²) in [5.74, 6) is 0. The molecule has 0 aliphatic heterocycles. The van der Waals surface area contributed by atoms with E-state index in [0.29, 0.717) is 6.04 Å². The second-order valence-corrected chi connectivity index (χ2v) is 5.91. The molecule has 1 atom stereocenters. The highest BCUT2D eigenvalue weighted by molar-refractivity contribution is 7.08. The molecule has 0 saturated heterocycles. The van der Waals surface area contributed by atoms with Crippen LogP contribution in [-0.4, -0.2) is 4.98 Å². The van der Waals surface area contributed by atoms with Crippen LogP contribution in [0.5, 0.6) is 0 Å². The van der Waals surface area contributed by atoms with Crippen LogP contribution in [0.25, 0.3) is 0 Å². The second-order valence-electron chi connectivity index (χ2n) is 5.16. The molecular formula is C15H18N2OS. The lowest BCUT2D eigenvalue weighted by Gasteiger charge is -2.26. The zero-order chi connectivity index (χ0) is 13.2. The van der Waals surface area contributed by atoms with Crippen LogP contribution in [0.1, 0.15) is 41.3 Å². The summed E-state index contributed by atoms with van der Waals surface area (Å²) < 4.78 is 0. The number of thiophene rings is 1. The largest absolute Gasteiger partial charge is 0.326 e. The fraction of sp³-hybridized carbons (Fsp3) is 0.400. The van der Waals surface area contributed by atoms with Gasteiger partial charge in [-0.2, -0.15) is 11.3 Å². The molecule has 0 bridgehead atoms. The first-order valence-electron chi connectivity index (χ1n) is 6.71. The van der Waals surface area contributed by atoms with Crippen LogP contribution in [0.2, 0.25) is 0 Å². The van der Waals surface area contributed by atoms with Gasteiger partial charge >= 0.3 is 0 Å². The number of H-pyrrole nitrogens is 1. The maximum atomic E-state index is 11.4. The number of hydrogen-bond acceptors (Lipinski definition) is 3. The molecule has 100 valence electrons. The molecule has 2 heterocycles. The lowest BCUT2D eigenvalue weighted by molar-refractivity contribution is 0.453. The van der Waals surface area contributed by atoms with Crippen molar-refractivity contribution in [3.8, 4) is 0 Å². The van der Waals surface area contributed by atoms with Gasteiger partial charge in [0.1, 0.15) is 0 Å². The van der Waals surface area contributed by atoms with Crippen LogP contribution >= 0.6 is 11.3 Å². The summed E-state index contributed by atoms with van der Waals surface area (Å²) in [6.07, 6.45) is 3.26. The van der Waals surface area contributed by atoms with Gasteiger partial charge in [0.05, 0.1) is 0 Å². The predicted octanol–water partition coefficient (Wildman–Crippen LogP) is 2.91. The molecule has 4 heteroatoms. The summed E-state index contributed by atoms with van der Waals surface area (Å²) in [5.41, 5.74) is 5.11. The van der Waals surface area contributed by atoms with E-state index in [2.05, 4.69) is 28.0 Å². The second kappa shape index (κ2) is 5.31. The summed E-state index contributed by atoms with van der Waals surface area (Å²) in [6.45, 7) is 3.05. The van der Waals surface area contributed by atoms with E-state index in [1.165, 1.54) is 16.7 Å². The van der Waals surface area contributed by atoms with Gasteiger partial charge in [-0.3, -0.25) is 4.79 Å². The highest BCUT2D eigenvalue weighted by atomic mass is 32.1. The molecule has 0 amide bonds. The smallest absolute Gasteiger partial charge is 0.248 e. The zero-order valence-corrected chi connectivity index (χ0v) is 11.8. The van der Waals surface area contributed by atoms with Gasteiger partial charge in [-0.15, -0.1) is 0 Å². The summed E-state index contributed by atoms with van der Waals surface area (Å²) >= 11 is 1.75. The molecule has 0 spiro atoms. The third kappa shape index (κ3) is 2.65. The average Bonchev–Trinajstić information content (AvgIpc) is 2.81. The van der Waals surface area contributed by atoms with Gasteiger partial charge in [0.2, 0.25) is 5.56 Å². The molecule has 2 aromatic rings. The number of aryl methyl sites for hydroxylation is 2. The van der Waals surface area contributed by atoms with Gasteiger partial charge in [0.15, 0.2) is 0 Å². The lowest BCUT2D eigenvalue weighted by Crippen LogP contribution is -2.27. The maximum Gasteiger partial charge on any atom is 0.248 e. The van der Waals surface area contributed by atoms with Gasteiger partial charge in [0.25, 0.3) is 0 Å². The van der Waals surface area contributed by atoms with Crippen molar-refractivity contribution in [2.75, 3.05) is 0 Å². The molecule has 2 N–H and O–H groups in total. The molecule has 2 aromatic heterocycles. The van der Waals surface area contributed by atoms with Crippen LogP contribution in [0, 0.1) is 6.92 Å². The molecule has 19 heavy (non-hydrogen) atoms. The van der Waals surface area contributed by atoms with Crippen molar-refractivity contribution in [2.24, 2.45) is 0 Å². The molecule has 1 aliphatic rings. The van der Waals surface area contributed by atoms with E-state index in [-0.39, 0.29) is 5.56 Å². The Morgan fingerprint density at radius 3 is 3.11 bits per heavy atom. The SMILES string of the molecule is Cc1cscc1CNC1CCCc2[nH]c(=O)ccc21. The van der Waals surface area contributed by atoms with E-state index in [1.807, 2.05) is 6.07 Å². The average molecular weight is 274 g/mol. The highest BCUT2D eigenvalue weighted by Gasteiger charge is 2.20. The van der Waals surface area contributed by atoms with E-state index < -0.39 is 0 Å². The summed E-state index contributed by atoms with van der Waals surface area (Å²) in [5, 5.41) is 8.02. The molecule has 1 unspecified atom stereocenters. The Hall–Kier alpha value is -1.39. The first kappa shape index (κ1) is 12.6. The normalized spacial score (nSPS) is 18.3. The quantitative estimate of drug-likeness (QED) is 0.904. The van der Waals surface area contributed by atoms with Crippen LogP contribution in [-0.2, 0) is 13.0 Å². The topological polar surface area (TPSA) is 44.9 Å². The van der Waals surface area contributed by atoms with Gasteiger partial charge in [-0.1, -0.05) is 6.07 Å². The Bertz CT molecular complexity index is 629. The van der Waals surface area contributed by atoms with Crippen molar-refractivity contribution >= 4 is 11.3 Å². The Balaban J connectivity index is 1.77. The standard InChI is InChI=1S/C15H18N2OS/c1-10-8-19-9-11(10)7-16-13-3-2-4-14-12(13)5-6-15(18)17-14/h5-6,8-9,13,16H,2-4,7H2,1H3,(H,17,18). The van der Waals surface area contributed by atoms with E-state index in [1.54, 1.807) is 17.4 Å².